The number of nitrogens with one attached hydrogen (secondary N) is 2. The maximum atomic E-state index is 12.9. The largest absolute Gasteiger partial charge is 0.325 e. The van der Waals surface area contributed by atoms with Crippen LogP contribution in [0.2, 0.25) is 0 Å². The van der Waals surface area contributed by atoms with E-state index in [2.05, 4.69) is 10.6 Å². The SMILES string of the molecule is O=C(Cc1ccc(F)cc1)Nc1ccccc1C(=O)Nc1ccccc1. The molecule has 0 aliphatic rings. The first-order valence-electron chi connectivity index (χ1n) is 8.11. The Balaban J connectivity index is 1.71. The first kappa shape index (κ1) is 17.4. The van der Waals surface area contributed by atoms with Crippen molar-refractivity contribution in [2.24, 2.45) is 0 Å². The van der Waals surface area contributed by atoms with Crippen LogP contribution < -0.4 is 10.6 Å². The summed E-state index contributed by atoms with van der Waals surface area (Å²) < 4.78 is 12.9. The molecule has 0 bridgehead atoms. The summed E-state index contributed by atoms with van der Waals surface area (Å²) in [6.45, 7) is 0. The van der Waals surface area contributed by atoms with Crippen molar-refractivity contribution in [2.45, 2.75) is 6.42 Å². The van der Waals surface area contributed by atoms with E-state index in [-0.39, 0.29) is 24.1 Å². The zero-order valence-electron chi connectivity index (χ0n) is 13.9. The molecule has 26 heavy (non-hydrogen) atoms. The molecule has 0 unspecified atom stereocenters. The Morgan fingerprint density at radius 2 is 1.42 bits per heavy atom. The van der Waals surface area contributed by atoms with Gasteiger partial charge in [0, 0.05) is 5.69 Å². The molecule has 5 heteroatoms. The Kier molecular flexibility index (Phi) is 5.39. The summed E-state index contributed by atoms with van der Waals surface area (Å²) in [5.74, 6) is -0.942. The van der Waals surface area contributed by atoms with Crippen LogP contribution in [-0.2, 0) is 11.2 Å². The van der Waals surface area contributed by atoms with Crippen molar-refractivity contribution < 1.29 is 14.0 Å². The quantitative estimate of drug-likeness (QED) is 0.724. The predicted molar refractivity (Wildman–Crippen MR) is 99.6 cm³/mol. The Morgan fingerprint density at radius 1 is 0.769 bits per heavy atom. The van der Waals surface area contributed by atoms with Crippen molar-refractivity contribution in [3.8, 4) is 0 Å². The molecule has 3 aromatic rings. The number of halogens is 1. The van der Waals surface area contributed by atoms with Crippen LogP contribution in [0.3, 0.4) is 0 Å². The van der Waals surface area contributed by atoms with E-state index in [1.807, 2.05) is 18.2 Å². The van der Waals surface area contributed by atoms with Crippen molar-refractivity contribution in [1.82, 2.24) is 0 Å². The minimum atomic E-state index is -0.350. The lowest BCUT2D eigenvalue weighted by molar-refractivity contribution is -0.115. The minimum Gasteiger partial charge on any atom is -0.325 e. The lowest BCUT2D eigenvalue weighted by Gasteiger charge is -2.11. The van der Waals surface area contributed by atoms with Gasteiger partial charge < -0.3 is 10.6 Å². The summed E-state index contributed by atoms with van der Waals surface area (Å²) in [5.41, 5.74) is 2.15. The van der Waals surface area contributed by atoms with Gasteiger partial charge in [0.15, 0.2) is 0 Å². The molecule has 0 saturated carbocycles. The second kappa shape index (κ2) is 8.07. The smallest absolute Gasteiger partial charge is 0.257 e. The molecule has 0 radical (unpaired) electrons. The zero-order chi connectivity index (χ0) is 18.4. The molecular weight excluding hydrogens is 331 g/mol. The van der Waals surface area contributed by atoms with E-state index >= 15 is 0 Å². The van der Waals surface area contributed by atoms with Crippen LogP contribution in [0.15, 0.2) is 78.9 Å². The summed E-state index contributed by atoms with van der Waals surface area (Å²) in [6.07, 6.45) is 0.0922. The molecule has 0 saturated heterocycles. The lowest BCUT2D eigenvalue weighted by atomic mass is 10.1. The molecule has 3 rings (SSSR count). The van der Waals surface area contributed by atoms with E-state index in [4.69, 9.17) is 0 Å². The fourth-order valence-electron chi connectivity index (χ4n) is 2.49. The van der Waals surface area contributed by atoms with E-state index < -0.39 is 0 Å². The van der Waals surface area contributed by atoms with Crippen LogP contribution in [-0.4, -0.2) is 11.8 Å². The van der Waals surface area contributed by atoms with Crippen LogP contribution >= 0.6 is 0 Å². The molecular formula is C21H17FN2O2. The van der Waals surface area contributed by atoms with Gasteiger partial charge in [0.2, 0.25) is 5.91 Å². The Hall–Kier alpha value is -3.47. The molecule has 0 fully saturated rings. The minimum absolute atomic E-state index is 0.0922. The summed E-state index contributed by atoms with van der Waals surface area (Å²) in [4.78, 5) is 24.8. The highest BCUT2D eigenvalue weighted by molar-refractivity contribution is 6.10. The zero-order valence-corrected chi connectivity index (χ0v) is 13.9. The second-order valence-electron chi connectivity index (χ2n) is 5.72. The number of para-hydroxylation sites is 2. The molecule has 0 atom stereocenters. The fourth-order valence-corrected chi connectivity index (χ4v) is 2.49. The van der Waals surface area contributed by atoms with E-state index in [0.29, 0.717) is 22.5 Å². The Bertz CT molecular complexity index is 909. The van der Waals surface area contributed by atoms with E-state index in [1.165, 1.54) is 12.1 Å². The first-order valence-corrected chi connectivity index (χ1v) is 8.11. The van der Waals surface area contributed by atoms with Gasteiger partial charge in [-0.2, -0.15) is 0 Å². The average molecular weight is 348 g/mol. The van der Waals surface area contributed by atoms with Crippen molar-refractivity contribution in [2.75, 3.05) is 10.6 Å². The number of amides is 2. The third-order valence-corrected chi connectivity index (χ3v) is 3.76. The predicted octanol–water partition coefficient (Wildman–Crippen LogP) is 4.26. The molecule has 130 valence electrons. The van der Waals surface area contributed by atoms with Crippen molar-refractivity contribution in [3.05, 3.63) is 95.8 Å². The van der Waals surface area contributed by atoms with Crippen LogP contribution in [0.25, 0.3) is 0 Å². The van der Waals surface area contributed by atoms with Crippen LogP contribution in [0.4, 0.5) is 15.8 Å². The van der Waals surface area contributed by atoms with Gasteiger partial charge in [-0.3, -0.25) is 9.59 Å². The van der Waals surface area contributed by atoms with Gasteiger partial charge in [-0.05, 0) is 42.0 Å². The molecule has 4 nitrogen and oxygen atoms in total. The fraction of sp³-hybridized carbons (Fsp3) is 0.0476. The van der Waals surface area contributed by atoms with E-state index in [0.717, 1.165) is 0 Å². The topological polar surface area (TPSA) is 58.2 Å². The highest BCUT2D eigenvalue weighted by Gasteiger charge is 2.13. The number of hydrogen-bond acceptors (Lipinski definition) is 2. The average Bonchev–Trinajstić information content (AvgIpc) is 2.65. The number of anilines is 2. The van der Waals surface area contributed by atoms with Gasteiger partial charge in [-0.15, -0.1) is 0 Å². The van der Waals surface area contributed by atoms with Crippen molar-refractivity contribution in [3.63, 3.8) is 0 Å². The van der Waals surface area contributed by atoms with Crippen LogP contribution in [0.5, 0.6) is 0 Å². The number of carbonyl (C=O) groups excluding carboxylic acids is 2. The molecule has 0 aliphatic carbocycles. The third-order valence-electron chi connectivity index (χ3n) is 3.76. The molecule has 0 aliphatic heterocycles. The van der Waals surface area contributed by atoms with Gasteiger partial charge in [-0.25, -0.2) is 4.39 Å². The van der Waals surface area contributed by atoms with E-state index in [9.17, 15) is 14.0 Å². The maximum absolute atomic E-state index is 12.9. The normalized spacial score (nSPS) is 10.2. The van der Waals surface area contributed by atoms with Crippen molar-refractivity contribution in [1.29, 1.82) is 0 Å². The van der Waals surface area contributed by atoms with Crippen LogP contribution in [0.1, 0.15) is 15.9 Å². The molecule has 0 heterocycles. The standard InChI is InChI=1S/C21H17FN2O2/c22-16-12-10-15(11-13-16)14-20(25)24-19-9-5-4-8-18(19)21(26)23-17-6-2-1-3-7-17/h1-13H,14H2,(H,23,26)(H,24,25). The molecule has 0 spiro atoms. The van der Waals surface area contributed by atoms with E-state index in [1.54, 1.807) is 48.5 Å². The molecule has 3 aromatic carbocycles. The molecule has 2 amide bonds. The second-order valence-corrected chi connectivity index (χ2v) is 5.72. The van der Waals surface area contributed by atoms with Gasteiger partial charge in [-0.1, -0.05) is 42.5 Å². The highest BCUT2D eigenvalue weighted by atomic mass is 19.1. The van der Waals surface area contributed by atoms with Gasteiger partial charge in [0.25, 0.3) is 5.91 Å². The summed E-state index contributed by atoms with van der Waals surface area (Å²) >= 11 is 0. The highest BCUT2D eigenvalue weighted by Crippen LogP contribution is 2.18. The first-order chi connectivity index (χ1) is 12.6. The van der Waals surface area contributed by atoms with Gasteiger partial charge in [0.05, 0.1) is 17.7 Å². The van der Waals surface area contributed by atoms with Crippen LogP contribution in [0, 0.1) is 5.82 Å². The lowest BCUT2D eigenvalue weighted by Crippen LogP contribution is -2.19. The summed E-state index contributed by atoms with van der Waals surface area (Å²) in [6, 6.07) is 21.6. The van der Waals surface area contributed by atoms with Gasteiger partial charge in [0.1, 0.15) is 5.82 Å². The summed E-state index contributed by atoms with van der Waals surface area (Å²) in [5, 5.41) is 5.54. The third kappa shape index (κ3) is 4.54. The summed E-state index contributed by atoms with van der Waals surface area (Å²) in [7, 11) is 0. The maximum Gasteiger partial charge on any atom is 0.257 e. The number of rotatable bonds is 5. The van der Waals surface area contributed by atoms with Gasteiger partial charge >= 0.3 is 0 Å². The molecule has 0 aromatic heterocycles. The number of carbonyl (C=O) groups is 2. The number of benzene rings is 3. The van der Waals surface area contributed by atoms with Crippen molar-refractivity contribution >= 4 is 23.2 Å². The monoisotopic (exact) mass is 348 g/mol. The Labute approximate surface area is 150 Å². The Morgan fingerprint density at radius 3 is 2.15 bits per heavy atom. The number of hydrogen-bond donors (Lipinski definition) is 2. The molecule has 2 N–H and O–H groups in total.